The van der Waals surface area contributed by atoms with Crippen molar-refractivity contribution < 1.29 is 28.8 Å². The second-order valence-electron chi connectivity index (χ2n) is 13.5. The van der Waals surface area contributed by atoms with Gasteiger partial charge in [-0.15, -0.1) is 11.8 Å². The fourth-order valence-corrected chi connectivity index (χ4v) is 8.98. The predicted octanol–water partition coefficient (Wildman–Crippen LogP) is 6.40. The van der Waals surface area contributed by atoms with Gasteiger partial charge in [-0.2, -0.15) is 0 Å². The highest BCUT2D eigenvalue weighted by atomic mass is 32.2. The average molecular weight is 596 g/mol. The molecule has 7 rings (SSSR count). The van der Waals surface area contributed by atoms with Gasteiger partial charge >= 0.3 is 5.97 Å². The van der Waals surface area contributed by atoms with Crippen molar-refractivity contribution in [3.8, 4) is 5.88 Å². The Morgan fingerprint density at radius 1 is 1.00 bits per heavy atom. The number of carboxylic acids is 1. The number of rotatable bonds is 10. The van der Waals surface area contributed by atoms with Gasteiger partial charge in [0.1, 0.15) is 11.5 Å². The van der Waals surface area contributed by atoms with Gasteiger partial charge in [-0.25, -0.2) is 4.79 Å². The van der Waals surface area contributed by atoms with E-state index < -0.39 is 11.4 Å². The molecule has 0 radical (unpaired) electrons. The number of aromatic carboxylic acids is 1. The summed E-state index contributed by atoms with van der Waals surface area (Å²) in [6, 6.07) is 6.20. The van der Waals surface area contributed by atoms with E-state index in [1.54, 1.807) is 37.7 Å². The van der Waals surface area contributed by atoms with E-state index in [-0.39, 0.29) is 41.7 Å². The van der Waals surface area contributed by atoms with Gasteiger partial charge in [0.25, 0.3) is 11.8 Å². The van der Waals surface area contributed by atoms with E-state index in [1.807, 2.05) is 0 Å². The second-order valence-corrected chi connectivity index (χ2v) is 14.8. The number of nitrogens with one attached hydrogen (secondary N) is 2. The molecule has 2 aromatic rings. The van der Waals surface area contributed by atoms with Crippen LogP contribution in [0.25, 0.3) is 0 Å². The summed E-state index contributed by atoms with van der Waals surface area (Å²) in [5.41, 5.74) is -0.301. The molecule has 1 heterocycles. The first-order valence-corrected chi connectivity index (χ1v) is 16.3. The number of aromatic nitrogens is 1. The highest BCUT2D eigenvalue weighted by molar-refractivity contribution is 8.00. The minimum absolute atomic E-state index is 0.0212. The lowest BCUT2D eigenvalue weighted by Gasteiger charge is -2.54. The van der Waals surface area contributed by atoms with Crippen molar-refractivity contribution in [1.82, 2.24) is 10.5 Å². The Morgan fingerprint density at radius 3 is 2.26 bits per heavy atom. The molecule has 10 heteroatoms. The summed E-state index contributed by atoms with van der Waals surface area (Å²) in [4.78, 5) is 38.5. The van der Waals surface area contributed by atoms with E-state index in [0.717, 1.165) is 37.5 Å². The lowest BCUT2D eigenvalue weighted by molar-refractivity contribution is -0.125. The SMILES string of the molecule is CC(C)(COc1noc(C(=O)NC2C3CC4CC(C3)CC2C4)c1SC1CCCCC1)C(=O)Nc1ccc(C(=O)O)cc1. The van der Waals surface area contributed by atoms with Crippen LogP contribution in [0.3, 0.4) is 0 Å². The van der Waals surface area contributed by atoms with Crippen molar-refractivity contribution in [3.63, 3.8) is 0 Å². The standard InChI is InChI=1S/C32H41N3O6S/c1-32(2,31(39)33-23-10-8-20(9-11-23)30(37)38)17-40-29-27(42-24-6-4-3-5-7-24)26(41-35-29)28(36)34-25-21-13-18-12-19(15-21)16-22(25)14-18/h8-11,18-19,21-22,24-25H,3-7,12-17H2,1-2H3,(H,33,39)(H,34,36)(H,37,38). The summed E-state index contributed by atoms with van der Waals surface area (Å²) in [5, 5.41) is 19.9. The molecule has 3 N–H and O–H groups in total. The number of hydrogen-bond acceptors (Lipinski definition) is 7. The molecule has 0 spiro atoms. The van der Waals surface area contributed by atoms with E-state index in [0.29, 0.717) is 27.7 Å². The van der Waals surface area contributed by atoms with Crippen molar-refractivity contribution in [2.45, 2.75) is 94.2 Å². The number of amides is 2. The molecule has 226 valence electrons. The Kier molecular flexibility index (Phi) is 8.26. The molecule has 0 atom stereocenters. The van der Waals surface area contributed by atoms with Crippen LogP contribution in [0.4, 0.5) is 5.69 Å². The molecule has 5 aliphatic carbocycles. The van der Waals surface area contributed by atoms with Crippen LogP contribution in [0.1, 0.15) is 99.0 Å². The highest BCUT2D eigenvalue weighted by Gasteiger charge is 2.49. The van der Waals surface area contributed by atoms with Gasteiger partial charge in [0.05, 0.1) is 11.0 Å². The summed E-state index contributed by atoms with van der Waals surface area (Å²) in [7, 11) is 0. The second kappa shape index (κ2) is 11.9. The number of ether oxygens (including phenoxy) is 1. The third-order valence-electron chi connectivity index (χ3n) is 9.76. The molecule has 9 nitrogen and oxygen atoms in total. The van der Waals surface area contributed by atoms with Gasteiger partial charge in [-0.05, 0) is 112 Å². The maximum atomic E-state index is 13.7. The topological polar surface area (TPSA) is 131 Å². The van der Waals surface area contributed by atoms with Crippen LogP contribution in [-0.2, 0) is 4.79 Å². The maximum absolute atomic E-state index is 13.7. The fraction of sp³-hybridized carbons (Fsp3) is 0.625. The molecule has 5 saturated carbocycles. The number of thioether (sulfide) groups is 1. The third-order valence-corrected chi connectivity index (χ3v) is 11.2. The first-order chi connectivity index (χ1) is 20.2. The van der Waals surface area contributed by atoms with Crippen LogP contribution < -0.4 is 15.4 Å². The van der Waals surface area contributed by atoms with Crippen LogP contribution in [0.5, 0.6) is 5.88 Å². The fourth-order valence-electron chi connectivity index (χ4n) is 7.65. The van der Waals surface area contributed by atoms with E-state index >= 15 is 0 Å². The molecule has 0 unspecified atom stereocenters. The lowest BCUT2D eigenvalue weighted by Crippen LogP contribution is -2.55. The van der Waals surface area contributed by atoms with E-state index in [4.69, 9.17) is 14.4 Å². The average Bonchev–Trinajstić information content (AvgIpc) is 3.36. The first kappa shape index (κ1) is 29.1. The lowest BCUT2D eigenvalue weighted by atomic mass is 9.54. The molecule has 1 aromatic heterocycles. The number of benzene rings is 1. The number of carbonyl (C=O) groups is 3. The van der Waals surface area contributed by atoms with Gasteiger partial charge in [0.15, 0.2) is 0 Å². The normalized spacial score (nSPS) is 27.0. The Balaban J connectivity index is 1.14. The minimum Gasteiger partial charge on any atom is -0.478 e. The van der Waals surface area contributed by atoms with Crippen molar-refractivity contribution in [2.75, 3.05) is 11.9 Å². The van der Waals surface area contributed by atoms with E-state index in [9.17, 15) is 14.4 Å². The minimum atomic E-state index is -1.03. The predicted molar refractivity (Wildman–Crippen MR) is 159 cm³/mol. The summed E-state index contributed by atoms with van der Waals surface area (Å²) < 4.78 is 11.8. The third kappa shape index (κ3) is 6.19. The van der Waals surface area contributed by atoms with Crippen molar-refractivity contribution in [2.24, 2.45) is 29.1 Å². The Hall–Kier alpha value is -3.01. The monoisotopic (exact) mass is 595 g/mol. The Bertz CT molecular complexity index is 1290. The van der Waals surface area contributed by atoms with E-state index in [2.05, 4.69) is 15.8 Å². The Labute approximate surface area is 250 Å². The highest BCUT2D eigenvalue weighted by Crippen LogP contribution is 2.54. The maximum Gasteiger partial charge on any atom is 0.335 e. The molecular weight excluding hydrogens is 554 g/mol. The number of hydrogen-bond donors (Lipinski definition) is 3. The van der Waals surface area contributed by atoms with Crippen molar-refractivity contribution >= 4 is 35.2 Å². The van der Waals surface area contributed by atoms with Gasteiger partial charge in [0.2, 0.25) is 11.7 Å². The molecule has 5 aliphatic rings. The quantitative estimate of drug-likeness (QED) is 0.288. The van der Waals surface area contributed by atoms with Crippen LogP contribution in [0, 0.1) is 29.1 Å². The summed E-state index contributed by atoms with van der Waals surface area (Å²) in [6.07, 6.45) is 11.9. The molecular formula is C32H41N3O6S. The number of anilines is 1. The summed E-state index contributed by atoms with van der Waals surface area (Å²) in [5.74, 6) is 1.71. The number of nitrogens with zero attached hydrogens (tertiary/aromatic N) is 1. The molecule has 0 aliphatic heterocycles. The van der Waals surface area contributed by atoms with Crippen LogP contribution in [0.15, 0.2) is 33.7 Å². The van der Waals surface area contributed by atoms with E-state index in [1.165, 1.54) is 50.7 Å². The molecule has 1 aromatic carbocycles. The zero-order valence-corrected chi connectivity index (χ0v) is 25.2. The smallest absolute Gasteiger partial charge is 0.335 e. The summed E-state index contributed by atoms with van der Waals surface area (Å²) >= 11 is 1.62. The zero-order chi connectivity index (χ0) is 29.4. The summed E-state index contributed by atoms with van der Waals surface area (Å²) in [6.45, 7) is 3.55. The largest absolute Gasteiger partial charge is 0.478 e. The number of carbonyl (C=O) groups excluding carboxylic acids is 2. The van der Waals surface area contributed by atoms with Gasteiger partial charge in [-0.1, -0.05) is 19.3 Å². The molecule has 5 fully saturated rings. The molecule has 2 amide bonds. The first-order valence-electron chi connectivity index (χ1n) is 15.4. The van der Waals surface area contributed by atoms with Gasteiger partial charge in [-0.3, -0.25) is 9.59 Å². The molecule has 42 heavy (non-hydrogen) atoms. The zero-order valence-electron chi connectivity index (χ0n) is 24.4. The van der Waals surface area contributed by atoms with Crippen LogP contribution >= 0.6 is 11.8 Å². The van der Waals surface area contributed by atoms with Crippen molar-refractivity contribution in [1.29, 1.82) is 0 Å². The number of carboxylic acid groups (broad SMARTS) is 1. The molecule has 4 bridgehead atoms. The Morgan fingerprint density at radius 2 is 1.64 bits per heavy atom. The van der Waals surface area contributed by atoms with Gasteiger partial charge < -0.3 is 25.0 Å². The van der Waals surface area contributed by atoms with Crippen molar-refractivity contribution in [3.05, 3.63) is 35.6 Å². The molecule has 0 saturated heterocycles. The van der Waals surface area contributed by atoms with Gasteiger partial charge in [0, 0.05) is 17.0 Å². The van der Waals surface area contributed by atoms with Crippen LogP contribution in [0.2, 0.25) is 0 Å². The van der Waals surface area contributed by atoms with Crippen LogP contribution in [-0.4, -0.2) is 45.9 Å².